The highest BCUT2D eigenvalue weighted by Crippen LogP contribution is 2.54. The number of amides is 4. The van der Waals surface area contributed by atoms with Crippen LogP contribution in [0.3, 0.4) is 0 Å². The fourth-order valence-corrected chi connectivity index (χ4v) is 5.67. The number of primary amides is 1. The number of nitrogens with zero attached hydrogens (tertiary/aromatic N) is 1. The van der Waals surface area contributed by atoms with Gasteiger partial charge in [-0.05, 0) is 36.2 Å². The van der Waals surface area contributed by atoms with Crippen LogP contribution in [0.4, 0.5) is 5.69 Å². The van der Waals surface area contributed by atoms with E-state index in [1.165, 1.54) is 4.90 Å². The van der Waals surface area contributed by atoms with Gasteiger partial charge in [-0.15, -0.1) is 0 Å². The van der Waals surface area contributed by atoms with Gasteiger partial charge in [0.05, 0.1) is 31.2 Å². The summed E-state index contributed by atoms with van der Waals surface area (Å²) in [5.41, 5.74) is 6.40. The summed E-state index contributed by atoms with van der Waals surface area (Å²) in [6.45, 7) is 1.81. The molecule has 0 aliphatic carbocycles. The lowest BCUT2D eigenvalue weighted by molar-refractivity contribution is -0.143. The molecule has 9 nitrogen and oxygen atoms in total. The molecule has 34 heavy (non-hydrogen) atoms. The van der Waals surface area contributed by atoms with Crippen LogP contribution in [-0.2, 0) is 31.3 Å². The van der Waals surface area contributed by atoms with Crippen molar-refractivity contribution in [3.63, 3.8) is 0 Å². The number of anilines is 1. The number of rotatable bonds is 5. The van der Waals surface area contributed by atoms with Gasteiger partial charge in [-0.2, -0.15) is 0 Å². The van der Waals surface area contributed by atoms with Crippen molar-refractivity contribution < 1.29 is 23.9 Å². The third kappa shape index (κ3) is 3.04. The van der Waals surface area contributed by atoms with Crippen molar-refractivity contribution in [1.29, 1.82) is 0 Å². The van der Waals surface area contributed by atoms with Crippen molar-refractivity contribution in [1.82, 2.24) is 10.2 Å². The molecule has 3 aliphatic rings. The van der Waals surface area contributed by atoms with E-state index in [2.05, 4.69) is 10.6 Å². The molecule has 0 saturated carbocycles. The third-order valence-corrected chi connectivity index (χ3v) is 7.51. The molecule has 3 heterocycles. The van der Waals surface area contributed by atoms with Crippen LogP contribution < -0.4 is 21.1 Å². The number of ether oxygens (including phenoxy) is 1. The maximum Gasteiger partial charge on any atom is 0.250 e. The quantitative estimate of drug-likeness (QED) is 0.553. The molecule has 4 atom stereocenters. The Morgan fingerprint density at radius 1 is 1.15 bits per heavy atom. The van der Waals surface area contributed by atoms with Gasteiger partial charge in [0.25, 0.3) is 0 Å². The zero-order valence-electron chi connectivity index (χ0n) is 18.6. The molecule has 2 saturated heterocycles. The average Bonchev–Trinajstić information content (AvgIpc) is 3.37. The smallest absolute Gasteiger partial charge is 0.250 e. The number of nitrogens with one attached hydrogen (secondary N) is 2. The van der Waals surface area contributed by atoms with E-state index in [4.69, 9.17) is 22.1 Å². The Labute approximate surface area is 200 Å². The van der Waals surface area contributed by atoms with Gasteiger partial charge in [-0.1, -0.05) is 29.8 Å². The molecule has 3 aliphatic heterocycles. The van der Waals surface area contributed by atoms with E-state index in [1.54, 1.807) is 50.4 Å². The van der Waals surface area contributed by atoms with Crippen LogP contribution in [0.5, 0.6) is 5.75 Å². The van der Waals surface area contributed by atoms with E-state index in [9.17, 15) is 19.2 Å². The molecular formula is C24H23ClN4O5. The Morgan fingerprint density at radius 2 is 1.85 bits per heavy atom. The molecule has 1 spiro atoms. The summed E-state index contributed by atoms with van der Waals surface area (Å²) in [5.74, 6) is -3.28. The number of nitrogens with two attached hydrogens (primary N) is 1. The number of likely N-dealkylation sites (tertiary alicyclic amines) is 1. The predicted molar refractivity (Wildman–Crippen MR) is 123 cm³/mol. The first kappa shape index (κ1) is 22.4. The Balaban J connectivity index is 1.59. The van der Waals surface area contributed by atoms with Crippen molar-refractivity contribution in [2.75, 3.05) is 12.4 Å². The van der Waals surface area contributed by atoms with E-state index in [0.717, 1.165) is 5.56 Å². The SMILES string of the molecule is COc1ccc(CN2C(=O)[C@@H]3[C@H](CC(N)=O)N[C@@]4(C(=O)Nc5c4ccc(Cl)c5C)[C@@H]3C2=O)cc1. The molecule has 10 heteroatoms. The minimum Gasteiger partial charge on any atom is -0.497 e. The van der Waals surface area contributed by atoms with Crippen LogP contribution in [-0.4, -0.2) is 41.7 Å². The fraction of sp³-hybridized carbons (Fsp3) is 0.333. The predicted octanol–water partition coefficient (Wildman–Crippen LogP) is 1.45. The van der Waals surface area contributed by atoms with Crippen LogP contribution >= 0.6 is 11.6 Å². The number of benzene rings is 2. The molecule has 0 unspecified atom stereocenters. The largest absolute Gasteiger partial charge is 0.497 e. The van der Waals surface area contributed by atoms with E-state index in [-0.39, 0.29) is 13.0 Å². The highest BCUT2D eigenvalue weighted by Gasteiger charge is 2.70. The molecule has 4 N–H and O–H groups in total. The second kappa shape index (κ2) is 7.82. The minimum absolute atomic E-state index is 0.0438. The highest BCUT2D eigenvalue weighted by atomic mass is 35.5. The Kier molecular flexibility index (Phi) is 5.14. The molecule has 2 fully saturated rings. The van der Waals surface area contributed by atoms with Crippen molar-refractivity contribution in [3.05, 3.63) is 58.1 Å². The van der Waals surface area contributed by atoms with Crippen LogP contribution in [0, 0.1) is 18.8 Å². The Morgan fingerprint density at radius 3 is 2.50 bits per heavy atom. The number of hydrogen-bond acceptors (Lipinski definition) is 6. The van der Waals surface area contributed by atoms with Crippen LogP contribution in [0.15, 0.2) is 36.4 Å². The number of fused-ring (bicyclic) bond motifs is 4. The second-order valence-electron chi connectivity index (χ2n) is 8.89. The summed E-state index contributed by atoms with van der Waals surface area (Å²) in [6.07, 6.45) is -0.187. The van der Waals surface area contributed by atoms with Crippen molar-refractivity contribution >= 4 is 40.9 Å². The maximum atomic E-state index is 13.7. The number of carbonyl (C=O) groups excluding carboxylic acids is 4. The molecule has 2 aromatic rings. The van der Waals surface area contributed by atoms with Gasteiger partial charge in [0.2, 0.25) is 23.6 Å². The molecule has 0 aromatic heterocycles. The first-order valence-electron chi connectivity index (χ1n) is 10.8. The van der Waals surface area contributed by atoms with Crippen molar-refractivity contribution in [3.8, 4) is 5.75 Å². The van der Waals surface area contributed by atoms with Gasteiger partial charge >= 0.3 is 0 Å². The molecule has 176 valence electrons. The van der Waals surface area contributed by atoms with Crippen LogP contribution in [0.25, 0.3) is 0 Å². The van der Waals surface area contributed by atoms with E-state index >= 15 is 0 Å². The van der Waals surface area contributed by atoms with Crippen LogP contribution in [0.2, 0.25) is 5.02 Å². The van der Waals surface area contributed by atoms with Gasteiger partial charge in [0.1, 0.15) is 11.3 Å². The fourth-order valence-electron chi connectivity index (χ4n) is 5.51. The summed E-state index contributed by atoms with van der Waals surface area (Å²) in [7, 11) is 1.55. The zero-order valence-corrected chi connectivity index (χ0v) is 19.3. The molecule has 2 aromatic carbocycles. The average molecular weight is 483 g/mol. The second-order valence-corrected chi connectivity index (χ2v) is 9.30. The number of halogens is 1. The lowest BCUT2D eigenvalue weighted by Gasteiger charge is -2.29. The normalized spacial score (nSPS) is 27.2. The van der Waals surface area contributed by atoms with Crippen LogP contribution in [0.1, 0.15) is 23.1 Å². The van der Waals surface area contributed by atoms with Gasteiger partial charge in [-0.25, -0.2) is 0 Å². The first-order valence-corrected chi connectivity index (χ1v) is 11.2. The number of imide groups is 1. The summed E-state index contributed by atoms with van der Waals surface area (Å²) in [4.78, 5) is 53.7. The van der Waals surface area contributed by atoms with Gasteiger partial charge in [0.15, 0.2) is 0 Å². The molecule has 5 rings (SSSR count). The lowest BCUT2D eigenvalue weighted by Crippen LogP contribution is -2.53. The monoisotopic (exact) mass is 482 g/mol. The van der Waals surface area contributed by atoms with Crippen molar-refractivity contribution in [2.24, 2.45) is 17.6 Å². The van der Waals surface area contributed by atoms with E-state index in [0.29, 0.717) is 27.6 Å². The van der Waals surface area contributed by atoms with Crippen molar-refractivity contribution in [2.45, 2.75) is 31.5 Å². The summed E-state index contributed by atoms with van der Waals surface area (Å²) < 4.78 is 5.17. The van der Waals surface area contributed by atoms with Gasteiger partial charge in [-0.3, -0.25) is 29.4 Å². The minimum atomic E-state index is -1.50. The maximum absolute atomic E-state index is 13.7. The highest BCUT2D eigenvalue weighted by molar-refractivity contribution is 6.32. The summed E-state index contributed by atoms with van der Waals surface area (Å²) in [5, 5.41) is 6.48. The first-order chi connectivity index (χ1) is 16.2. The standard InChI is InChI=1S/C24H23ClN4O5/c1-11-15(25)8-7-14-20(11)27-23(33)24(14)19-18(16(28-24)9-17(26)30)21(31)29(22(19)32)10-12-3-5-13(34-2)6-4-12/h3-8,16,18-19,28H,9-10H2,1-2H3,(H2,26,30)(H,27,33)/t16-,18+,19-,24+/m0/s1. The number of methoxy groups -OCH3 is 1. The number of hydrogen-bond donors (Lipinski definition) is 3. The van der Waals surface area contributed by atoms with E-state index < -0.39 is 47.0 Å². The van der Waals surface area contributed by atoms with Gasteiger partial charge < -0.3 is 15.8 Å². The molecule has 0 bridgehead atoms. The summed E-state index contributed by atoms with van der Waals surface area (Å²) >= 11 is 6.26. The van der Waals surface area contributed by atoms with E-state index in [1.807, 2.05) is 0 Å². The zero-order chi connectivity index (χ0) is 24.4. The Hall–Kier alpha value is -3.43. The third-order valence-electron chi connectivity index (χ3n) is 7.10. The number of carbonyl (C=O) groups is 4. The lowest BCUT2D eigenvalue weighted by atomic mass is 9.76. The Bertz CT molecular complexity index is 1250. The summed E-state index contributed by atoms with van der Waals surface area (Å²) in [6, 6.07) is 9.60. The molecule has 0 radical (unpaired) electrons. The molecular weight excluding hydrogens is 460 g/mol. The topological polar surface area (TPSA) is 131 Å². The van der Waals surface area contributed by atoms with Gasteiger partial charge in [0, 0.05) is 23.0 Å². The molecule has 4 amide bonds.